The summed E-state index contributed by atoms with van der Waals surface area (Å²) >= 11 is 0. The fraction of sp³-hybridized carbons (Fsp3) is 0.481. The Kier molecular flexibility index (Phi) is 7.82. The molecule has 0 bridgehead atoms. The molecule has 3 aromatic rings. The summed E-state index contributed by atoms with van der Waals surface area (Å²) in [5.41, 5.74) is 4.75. The van der Waals surface area contributed by atoms with Gasteiger partial charge in [-0.1, -0.05) is 26.0 Å². The molecule has 2 aromatic heterocycles. The smallest absolute Gasteiger partial charge is 0.235 e. The van der Waals surface area contributed by atoms with Crippen molar-refractivity contribution in [1.29, 1.82) is 0 Å². The highest BCUT2D eigenvalue weighted by Gasteiger charge is 2.31. The highest BCUT2D eigenvalue weighted by atomic mass is 19.1. The van der Waals surface area contributed by atoms with E-state index in [9.17, 15) is 13.6 Å². The van der Waals surface area contributed by atoms with Crippen molar-refractivity contribution in [3.8, 4) is 16.9 Å². The van der Waals surface area contributed by atoms with Crippen LogP contribution in [0.4, 0.5) is 8.78 Å². The van der Waals surface area contributed by atoms with Gasteiger partial charge >= 0.3 is 0 Å². The van der Waals surface area contributed by atoms with E-state index in [0.29, 0.717) is 37.7 Å². The number of fused-ring (bicyclic) bond motifs is 1. The number of carbonyl (C=O) groups excluding carboxylic acids is 1. The van der Waals surface area contributed by atoms with Crippen molar-refractivity contribution >= 4 is 11.3 Å². The number of hydrogen-bond acceptors (Lipinski definition) is 5. The van der Waals surface area contributed by atoms with E-state index in [1.54, 1.807) is 23.7 Å². The number of aryl methyl sites for hydroxylation is 1. The zero-order valence-electron chi connectivity index (χ0n) is 20.6. The normalized spacial score (nSPS) is 22.3. The van der Waals surface area contributed by atoms with Crippen molar-refractivity contribution in [3.63, 3.8) is 0 Å². The first-order valence-electron chi connectivity index (χ1n) is 12.1. The Morgan fingerprint density at radius 1 is 1.34 bits per heavy atom. The summed E-state index contributed by atoms with van der Waals surface area (Å²) in [5, 5.41) is 4.48. The monoisotopic (exact) mass is 488 g/mol. The maximum absolute atomic E-state index is 13.6. The molecule has 6 nitrogen and oxygen atoms in total. The van der Waals surface area contributed by atoms with Gasteiger partial charge in [-0.25, -0.2) is 13.3 Å². The van der Waals surface area contributed by atoms with E-state index in [1.165, 1.54) is 6.92 Å². The Morgan fingerprint density at radius 3 is 2.69 bits per heavy atom. The van der Waals surface area contributed by atoms with Crippen LogP contribution in [0.5, 0.6) is 5.75 Å². The number of alkyl halides is 2. The maximum atomic E-state index is 13.6. The van der Waals surface area contributed by atoms with Crippen LogP contribution in [-0.4, -0.2) is 47.7 Å². The molecule has 190 valence electrons. The largest absolute Gasteiger partial charge is 0.460 e. The molecule has 1 aliphatic carbocycles. The summed E-state index contributed by atoms with van der Waals surface area (Å²) < 4.78 is 43.6. The molecule has 0 amide bonds. The van der Waals surface area contributed by atoms with Gasteiger partial charge in [-0.3, -0.25) is 4.79 Å². The lowest BCUT2D eigenvalue weighted by atomic mass is 9.96. The Labute approximate surface area is 205 Å². The van der Waals surface area contributed by atoms with Crippen LogP contribution >= 0.6 is 0 Å². The molecule has 1 saturated carbocycles. The van der Waals surface area contributed by atoms with E-state index in [4.69, 9.17) is 14.2 Å². The van der Waals surface area contributed by atoms with Gasteiger partial charge < -0.3 is 14.2 Å². The van der Waals surface area contributed by atoms with Crippen LogP contribution in [0, 0.1) is 12.8 Å². The number of aromatic nitrogens is 2. The second-order valence-corrected chi connectivity index (χ2v) is 9.12. The molecule has 2 aliphatic rings. The molecule has 0 N–H and O–H groups in total. The molecule has 0 radical (unpaired) electrons. The van der Waals surface area contributed by atoms with E-state index in [2.05, 4.69) is 5.10 Å². The average Bonchev–Trinajstić information content (AvgIpc) is 3.32. The molecule has 3 heterocycles. The van der Waals surface area contributed by atoms with E-state index in [1.807, 2.05) is 38.2 Å². The van der Waals surface area contributed by atoms with Gasteiger partial charge in [0.15, 0.2) is 5.78 Å². The van der Waals surface area contributed by atoms with Crippen molar-refractivity contribution in [2.45, 2.75) is 59.2 Å². The fourth-order valence-corrected chi connectivity index (χ4v) is 4.08. The van der Waals surface area contributed by atoms with Crippen LogP contribution in [-0.2, 0) is 9.47 Å². The molecule has 4 atom stereocenters. The number of pyridine rings is 1. The fourth-order valence-electron chi connectivity index (χ4n) is 4.08. The molecule has 1 aromatic carbocycles. The number of benzene rings is 1. The number of nitrogens with zero attached hydrogens (tertiary/aromatic N) is 2. The molecule has 0 spiro atoms. The van der Waals surface area contributed by atoms with Crippen LogP contribution in [0.25, 0.3) is 16.6 Å². The SMILES string of the molecule is CCC(=O)c1c(C)cc(-c2cnn3cc(C4COCCO4)ccc23)cc1OC(C)F.C[C@@H]1C[C@@H]1F.[HH]. The molecular weight excluding hydrogens is 454 g/mol. The van der Waals surface area contributed by atoms with E-state index in [-0.39, 0.29) is 19.1 Å². The standard InChI is InChI=1S/C23H25FN2O4.C4H7F.H2/c1-4-20(27)23-14(2)9-17(10-21(23)30-15(3)24)18-11-25-26-12-16(5-6-19(18)26)22-13-28-7-8-29-22;1-3-2-4(3)5;/h5-6,9-12,15,22H,4,7-8,13H2,1-3H3;3-4H,2H2,1H3;1H/t;3-,4+;/m.1./s1. The lowest BCUT2D eigenvalue weighted by molar-refractivity contribution is -0.0903. The zero-order chi connectivity index (χ0) is 25.1. The highest BCUT2D eigenvalue weighted by molar-refractivity contribution is 6.01. The van der Waals surface area contributed by atoms with Crippen molar-refractivity contribution in [2.24, 2.45) is 5.92 Å². The summed E-state index contributed by atoms with van der Waals surface area (Å²) in [5.74, 6) is 0.569. The van der Waals surface area contributed by atoms with Crippen LogP contribution < -0.4 is 4.74 Å². The summed E-state index contributed by atoms with van der Waals surface area (Å²) in [6, 6.07) is 7.62. The van der Waals surface area contributed by atoms with E-state index in [0.717, 1.165) is 34.2 Å². The van der Waals surface area contributed by atoms with Crippen LogP contribution in [0.2, 0.25) is 0 Å². The lowest BCUT2D eigenvalue weighted by Crippen LogP contribution is -2.22. The number of Topliss-reactive ketones (excluding diaryl/α,β-unsaturated/α-hetero) is 1. The molecule has 8 heteroatoms. The number of carbonyl (C=O) groups is 1. The first kappa shape index (κ1) is 25.3. The Hall–Kier alpha value is -2.84. The third kappa shape index (κ3) is 5.87. The Balaban J connectivity index is 0.000000538. The van der Waals surface area contributed by atoms with Gasteiger partial charge in [0.05, 0.1) is 37.1 Å². The zero-order valence-corrected chi connectivity index (χ0v) is 20.6. The summed E-state index contributed by atoms with van der Waals surface area (Å²) in [6.45, 7) is 8.55. The van der Waals surface area contributed by atoms with Crippen molar-refractivity contribution < 1.29 is 29.2 Å². The number of ether oxygens (including phenoxy) is 3. The first-order valence-corrected chi connectivity index (χ1v) is 12.1. The number of hydrogen-bond donors (Lipinski definition) is 0. The number of halogens is 2. The van der Waals surface area contributed by atoms with Gasteiger partial charge in [0.1, 0.15) is 18.0 Å². The van der Waals surface area contributed by atoms with Gasteiger partial charge in [0.25, 0.3) is 0 Å². The van der Waals surface area contributed by atoms with Crippen LogP contribution in [0.15, 0.2) is 36.7 Å². The topological polar surface area (TPSA) is 62.1 Å². The Bertz CT molecular complexity index is 1190. The third-order valence-electron chi connectivity index (χ3n) is 6.24. The highest BCUT2D eigenvalue weighted by Crippen LogP contribution is 2.35. The number of rotatable bonds is 6. The molecule has 1 aliphatic heterocycles. The van der Waals surface area contributed by atoms with Gasteiger partial charge in [0.2, 0.25) is 6.36 Å². The second-order valence-electron chi connectivity index (χ2n) is 9.12. The minimum Gasteiger partial charge on any atom is -0.460 e. The minimum absolute atomic E-state index is 0. The second kappa shape index (κ2) is 10.8. The van der Waals surface area contributed by atoms with Gasteiger partial charge in [-0.15, -0.1) is 0 Å². The van der Waals surface area contributed by atoms with Crippen molar-refractivity contribution in [2.75, 3.05) is 19.8 Å². The Morgan fingerprint density at radius 2 is 2.09 bits per heavy atom. The van der Waals surface area contributed by atoms with Crippen molar-refractivity contribution in [1.82, 2.24) is 9.61 Å². The maximum Gasteiger partial charge on any atom is 0.235 e. The van der Waals surface area contributed by atoms with E-state index >= 15 is 0 Å². The van der Waals surface area contributed by atoms with Crippen LogP contribution in [0.3, 0.4) is 0 Å². The predicted octanol–water partition coefficient (Wildman–Crippen LogP) is 6.29. The van der Waals surface area contributed by atoms with Gasteiger partial charge in [0, 0.05) is 32.1 Å². The van der Waals surface area contributed by atoms with Crippen molar-refractivity contribution in [3.05, 3.63) is 53.3 Å². The predicted molar refractivity (Wildman–Crippen MR) is 131 cm³/mol. The number of ketones is 1. The average molecular weight is 489 g/mol. The van der Waals surface area contributed by atoms with Gasteiger partial charge in [-0.05, 0) is 42.5 Å². The van der Waals surface area contributed by atoms with E-state index < -0.39 is 12.5 Å². The third-order valence-corrected chi connectivity index (χ3v) is 6.24. The first-order chi connectivity index (χ1) is 16.8. The summed E-state index contributed by atoms with van der Waals surface area (Å²) in [7, 11) is 0. The summed E-state index contributed by atoms with van der Waals surface area (Å²) in [6.07, 6.45) is 2.74. The molecule has 2 unspecified atom stereocenters. The minimum atomic E-state index is -1.52. The molecule has 35 heavy (non-hydrogen) atoms. The lowest BCUT2D eigenvalue weighted by Gasteiger charge is -2.23. The summed E-state index contributed by atoms with van der Waals surface area (Å²) in [4.78, 5) is 12.4. The van der Waals surface area contributed by atoms with Gasteiger partial charge in [-0.2, -0.15) is 5.10 Å². The molecule has 2 fully saturated rings. The molecule has 1 saturated heterocycles. The molecular formula is C27H34F2N2O4. The van der Waals surface area contributed by atoms with Crippen LogP contribution in [0.1, 0.15) is 62.6 Å². The molecule has 5 rings (SSSR count). The quantitative estimate of drug-likeness (QED) is 0.381.